The fourth-order valence-corrected chi connectivity index (χ4v) is 9.43. The molecule has 0 spiro atoms. The molecule has 0 unspecified atom stereocenters. The summed E-state index contributed by atoms with van der Waals surface area (Å²) in [6.07, 6.45) is 6.85. The van der Waals surface area contributed by atoms with Crippen molar-refractivity contribution in [3.8, 4) is 39.1 Å². The summed E-state index contributed by atoms with van der Waals surface area (Å²) in [6.45, 7) is 0. The molecular formula is C44H26N4O12S4Sn. The molecular weight excluding hydrogens is 1020 g/mol. The van der Waals surface area contributed by atoms with Gasteiger partial charge in [0, 0.05) is 33.4 Å². The molecule has 1 N–H and O–H groups in total. The van der Waals surface area contributed by atoms with Gasteiger partial charge in [0.1, 0.15) is 40.5 Å². The number of nitrogens with one attached hydrogen (secondary N) is 1. The van der Waals surface area contributed by atoms with Crippen LogP contribution in [0.15, 0.2) is 147 Å². The van der Waals surface area contributed by atoms with Gasteiger partial charge < -0.3 is 27.8 Å². The van der Waals surface area contributed by atoms with E-state index in [1.165, 1.54) is 48.5 Å². The van der Waals surface area contributed by atoms with Gasteiger partial charge in [-0.05, 0) is 132 Å². The Morgan fingerprint density at radius 2 is 0.785 bits per heavy atom. The van der Waals surface area contributed by atoms with Crippen molar-refractivity contribution in [2.24, 2.45) is 0 Å². The second-order valence-corrected chi connectivity index (χ2v) is 19.9. The van der Waals surface area contributed by atoms with Crippen LogP contribution in [0.2, 0.25) is 0 Å². The summed E-state index contributed by atoms with van der Waals surface area (Å²) in [4.78, 5) is 10.9. The molecule has 2 aliphatic heterocycles. The maximum Gasteiger partial charge on any atom is 4.00 e. The van der Waals surface area contributed by atoms with Gasteiger partial charge in [-0.25, -0.2) is 43.6 Å². The van der Waals surface area contributed by atoms with E-state index in [2.05, 4.69) is 4.98 Å². The van der Waals surface area contributed by atoms with Crippen molar-refractivity contribution in [1.82, 2.24) is 19.5 Å². The maximum atomic E-state index is 12.2. The maximum absolute atomic E-state index is 12.2. The number of fused-ring (bicyclic) bond motifs is 8. The molecule has 4 aromatic carbocycles. The fourth-order valence-electron chi connectivity index (χ4n) is 7.55. The van der Waals surface area contributed by atoms with E-state index in [0.29, 0.717) is 39.2 Å². The van der Waals surface area contributed by atoms with Crippen LogP contribution in [0.25, 0.3) is 85.4 Å². The van der Waals surface area contributed by atoms with Crippen LogP contribution in [0.3, 0.4) is 0 Å². The van der Waals surface area contributed by atoms with Gasteiger partial charge in [0.15, 0.2) is 0 Å². The molecule has 0 fully saturated rings. The molecule has 8 bridgehead atoms. The summed E-state index contributed by atoms with van der Waals surface area (Å²) in [6, 6.07) is 28.7. The van der Waals surface area contributed by atoms with Crippen LogP contribution in [0, 0.1) is 0 Å². The first-order chi connectivity index (χ1) is 30.2. The Morgan fingerprint density at radius 1 is 0.415 bits per heavy atom. The van der Waals surface area contributed by atoms with E-state index >= 15 is 0 Å². The average molecular weight is 1050 g/mol. The van der Waals surface area contributed by atoms with Crippen LogP contribution in [0.5, 0.6) is 0 Å². The molecule has 0 saturated heterocycles. The first kappa shape index (κ1) is 45.5. The van der Waals surface area contributed by atoms with Crippen molar-refractivity contribution < 1.29 is 51.9 Å². The van der Waals surface area contributed by atoms with E-state index in [9.17, 15) is 51.9 Å². The Bertz CT molecular complexity index is 3800. The summed E-state index contributed by atoms with van der Waals surface area (Å²) in [7, 11) is -19.8. The van der Waals surface area contributed by atoms with Crippen molar-refractivity contribution in [2.45, 2.75) is 19.6 Å². The van der Waals surface area contributed by atoms with E-state index in [0.717, 1.165) is 48.5 Å². The summed E-state index contributed by atoms with van der Waals surface area (Å²) >= 11 is 0. The normalized spacial score (nSPS) is 12.9. The smallest absolute Gasteiger partial charge is 0.744 e. The Morgan fingerprint density at radius 3 is 1.23 bits per heavy atom. The molecule has 2 aliphatic rings. The second kappa shape index (κ2) is 16.7. The zero-order valence-corrected chi connectivity index (χ0v) is 38.9. The monoisotopic (exact) mass is 1050 g/mol. The summed E-state index contributed by atoms with van der Waals surface area (Å²) in [5.41, 5.74) is 5.38. The number of hydrogen-bond donors (Lipinski definition) is 1. The van der Waals surface area contributed by atoms with Gasteiger partial charge in [-0.3, -0.25) is 0 Å². The molecule has 3 aromatic heterocycles. The fraction of sp³-hybridized carbons (Fsp3) is 0. The van der Waals surface area contributed by atoms with Crippen LogP contribution in [0.4, 0.5) is 0 Å². The first-order valence-electron chi connectivity index (χ1n) is 18.6. The average Bonchev–Trinajstić information content (AvgIpc) is 4.05. The summed E-state index contributed by atoms with van der Waals surface area (Å²) < 4.78 is 148. The first-order valence-corrected chi connectivity index (χ1v) is 24.3. The van der Waals surface area contributed by atoms with Crippen molar-refractivity contribution in [1.29, 1.82) is 0 Å². The Labute approximate surface area is 388 Å². The minimum Gasteiger partial charge on any atom is -0.744 e. The SMILES string of the molecule is O=S(=O)([O-])c1ccc(-c2c(-c3ccc(S(=O)(=O)[O-])cc3)c3c(-c4ccc(S(=O)(=O)[O-])cc4)c4nc(cc5ccc(cc6nc(cc2n3-c2ccc(S(=O)(=O)[O-])cc2)C=C6)[nH]5)C=C4)cc1.[Sn+4]. The van der Waals surface area contributed by atoms with Crippen molar-refractivity contribution in [3.63, 3.8) is 0 Å². The van der Waals surface area contributed by atoms with Crippen LogP contribution in [-0.4, -0.2) is 95.3 Å². The van der Waals surface area contributed by atoms with Crippen molar-refractivity contribution >= 4 is 111 Å². The Hall–Kier alpha value is -6.08. The Balaban J connectivity index is 0.00000576. The number of H-pyrrole nitrogens is 1. The van der Waals surface area contributed by atoms with Gasteiger partial charge in [0.25, 0.3) is 0 Å². The number of aromatic amines is 1. The van der Waals surface area contributed by atoms with Crippen molar-refractivity contribution in [2.75, 3.05) is 0 Å². The third-order valence-electron chi connectivity index (χ3n) is 10.3. The van der Waals surface area contributed by atoms with E-state index < -0.39 is 60.1 Å². The molecule has 5 heterocycles. The second-order valence-electron chi connectivity index (χ2n) is 14.4. The third-order valence-corrected chi connectivity index (χ3v) is 13.7. The van der Waals surface area contributed by atoms with Crippen LogP contribution >= 0.6 is 0 Å². The van der Waals surface area contributed by atoms with E-state index in [1.54, 1.807) is 47.1 Å². The largest absolute Gasteiger partial charge is 4.00 e. The molecule has 21 heteroatoms. The van der Waals surface area contributed by atoms with Crippen LogP contribution < -0.4 is 0 Å². The van der Waals surface area contributed by atoms with E-state index in [1.807, 2.05) is 12.1 Å². The van der Waals surface area contributed by atoms with Gasteiger partial charge in [0.2, 0.25) is 0 Å². The molecule has 0 radical (unpaired) electrons. The topological polar surface area (TPSA) is 275 Å². The number of aromatic nitrogens is 4. The third kappa shape index (κ3) is 9.12. The molecule has 65 heavy (non-hydrogen) atoms. The molecule has 9 rings (SSSR count). The van der Waals surface area contributed by atoms with Gasteiger partial charge >= 0.3 is 23.9 Å². The number of rotatable bonds is 8. The predicted octanol–water partition coefficient (Wildman–Crippen LogP) is 6.35. The number of hydrogen-bond acceptors (Lipinski definition) is 14. The van der Waals surface area contributed by atoms with Crippen LogP contribution in [-0.2, 0) is 40.5 Å². The minimum atomic E-state index is -4.96. The van der Waals surface area contributed by atoms with Crippen LogP contribution in [0.1, 0.15) is 22.8 Å². The molecule has 0 saturated carbocycles. The molecule has 16 nitrogen and oxygen atoms in total. The summed E-state index contributed by atoms with van der Waals surface area (Å²) in [5, 5.41) is 0. The molecule has 322 valence electrons. The number of nitrogens with zero attached hydrogens (tertiary/aromatic N) is 3. The van der Waals surface area contributed by atoms with Crippen molar-refractivity contribution in [3.05, 3.63) is 150 Å². The van der Waals surface area contributed by atoms with Gasteiger partial charge in [-0.1, -0.05) is 36.4 Å². The molecule has 0 aliphatic carbocycles. The van der Waals surface area contributed by atoms with E-state index in [4.69, 9.17) is 9.97 Å². The van der Waals surface area contributed by atoms with Gasteiger partial charge in [-0.2, -0.15) is 0 Å². The van der Waals surface area contributed by atoms with Gasteiger partial charge in [-0.15, -0.1) is 0 Å². The zero-order valence-electron chi connectivity index (χ0n) is 32.8. The molecule has 0 amide bonds. The minimum absolute atomic E-state index is 0. The van der Waals surface area contributed by atoms with E-state index in [-0.39, 0.29) is 68.6 Å². The van der Waals surface area contributed by atoms with Gasteiger partial charge in [0.05, 0.1) is 53.4 Å². The molecule has 0 atom stereocenters. The zero-order chi connectivity index (χ0) is 45.3. The number of benzene rings is 4. The predicted molar refractivity (Wildman–Crippen MR) is 238 cm³/mol. The molecule has 7 aromatic rings. The quantitative estimate of drug-likeness (QED) is 0.128. The Kier molecular flexibility index (Phi) is 11.7. The summed E-state index contributed by atoms with van der Waals surface area (Å²) in [5.74, 6) is 0. The standard InChI is InChI=1S/C44H30N4O12S4.Sn/c49-61(50,51)35-14-1-26(2-15-35)41-39-22-11-32(47-39)24-31-8-7-29(45-31)23-30-9-10-33(46-30)25-40-42(27-3-16-36(17-4-27)62(52,53)54)43(28-5-18-37(19-6-28)63(55,56)57)44(41)48(40)34-12-20-38(21-13-34)64(58,59)60;/h1-25,45H,(H,49,50,51)(H,52,53,54)(H,55,56,57)(H,58,59,60);/q;+4/p-4.